The van der Waals surface area contributed by atoms with E-state index >= 15 is 0 Å². The van der Waals surface area contributed by atoms with Gasteiger partial charge in [0.25, 0.3) is 5.91 Å². The molecule has 4 atom stereocenters. The van der Waals surface area contributed by atoms with Crippen LogP contribution in [-0.4, -0.2) is 83.0 Å². The maximum absolute atomic E-state index is 14.2. The second kappa shape index (κ2) is 9.62. The zero-order valence-corrected chi connectivity index (χ0v) is 20.8. The van der Waals surface area contributed by atoms with Gasteiger partial charge in [-0.25, -0.2) is 8.78 Å². The molecule has 3 rings (SSSR count). The topological polar surface area (TPSA) is 157 Å². The van der Waals surface area contributed by atoms with Crippen LogP contribution in [0, 0.1) is 11.6 Å². The summed E-state index contributed by atoms with van der Waals surface area (Å²) in [6.07, 6.45) is -0.366. The first-order valence-electron chi connectivity index (χ1n) is 11.3. The number of likely N-dealkylation sites (N-methyl/N-ethyl adjacent to an activating group) is 1. The van der Waals surface area contributed by atoms with E-state index in [1.54, 1.807) is 20.8 Å². The molecule has 0 bridgehead atoms. The van der Waals surface area contributed by atoms with E-state index in [-0.39, 0.29) is 24.5 Å². The van der Waals surface area contributed by atoms with Crippen molar-refractivity contribution in [1.29, 1.82) is 0 Å². The Balaban J connectivity index is 1.97. The number of nitrogens with two attached hydrogens (primary N) is 2. The summed E-state index contributed by atoms with van der Waals surface area (Å²) in [5.41, 5.74) is 8.41. The fourth-order valence-electron chi connectivity index (χ4n) is 4.18. The lowest BCUT2D eigenvalue weighted by molar-refractivity contribution is -0.152. The van der Waals surface area contributed by atoms with Crippen LogP contribution in [0.3, 0.4) is 0 Å². The fraction of sp³-hybridized carbons (Fsp3) is 0.565. The van der Waals surface area contributed by atoms with Gasteiger partial charge in [0.1, 0.15) is 23.6 Å². The number of carbonyl (C=O) groups excluding carboxylic acids is 4. The Morgan fingerprint density at radius 3 is 2.53 bits per heavy atom. The van der Waals surface area contributed by atoms with Crippen LogP contribution >= 0.6 is 0 Å². The molecule has 0 aliphatic carbocycles. The fourth-order valence-corrected chi connectivity index (χ4v) is 4.18. The van der Waals surface area contributed by atoms with Crippen molar-refractivity contribution in [3.8, 4) is 5.75 Å². The summed E-state index contributed by atoms with van der Waals surface area (Å²) in [4.78, 5) is 53.9. The molecule has 1 spiro atoms. The zero-order valence-electron chi connectivity index (χ0n) is 20.8. The van der Waals surface area contributed by atoms with Crippen molar-refractivity contribution in [3.05, 3.63) is 23.8 Å². The third kappa shape index (κ3) is 5.26. The van der Waals surface area contributed by atoms with Crippen LogP contribution in [0.4, 0.5) is 14.5 Å². The predicted octanol–water partition coefficient (Wildman–Crippen LogP) is 0.110. The molecule has 1 aromatic carbocycles. The molecule has 0 aromatic heterocycles. The molecule has 2 unspecified atom stereocenters. The molecule has 13 heteroatoms. The minimum absolute atomic E-state index is 0.238. The third-order valence-corrected chi connectivity index (χ3v) is 6.08. The van der Waals surface area contributed by atoms with E-state index in [0.717, 1.165) is 15.9 Å². The van der Waals surface area contributed by atoms with Crippen molar-refractivity contribution in [2.45, 2.75) is 63.4 Å². The number of anilines is 1. The quantitative estimate of drug-likeness (QED) is 0.489. The molecule has 2 aliphatic heterocycles. The lowest BCUT2D eigenvalue weighted by Crippen LogP contribution is -2.58. The van der Waals surface area contributed by atoms with Crippen LogP contribution in [0.2, 0.25) is 0 Å². The van der Waals surface area contributed by atoms with E-state index in [2.05, 4.69) is 5.32 Å². The number of fused-ring (bicyclic) bond motifs is 1. The van der Waals surface area contributed by atoms with E-state index in [1.807, 2.05) is 0 Å². The summed E-state index contributed by atoms with van der Waals surface area (Å²) in [5, 5.41) is 2.34. The maximum atomic E-state index is 14.2. The molecule has 1 saturated heterocycles. The lowest BCUT2D eigenvalue weighted by Gasteiger charge is -2.36. The first kappa shape index (κ1) is 27.3. The van der Waals surface area contributed by atoms with Gasteiger partial charge in [0.2, 0.25) is 23.3 Å². The number of hydrogen-bond donors (Lipinski definition) is 3. The second-order valence-corrected chi connectivity index (χ2v) is 10.1. The number of likely N-dealkylation sites (tertiary alicyclic amines) is 1. The van der Waals surface area contributed by atoms with E-state index in [1.165, 1.54) is 14.0 Å². The molecule has 11 nitrogen and oxygen atoms in total. The second-order valence-electron chi connectivity index (χ2n) is 10.1. The van der Waals surface area contributed by atoms with Gasteiger partial charge in [-0.3, -0.25) is 19.2 Å². The summed E-state index contributed by atoms with van der Waals surface area (Å²) in [6, 6.07) is -1.97. The molecule has 0 saturated carbocycles. The average molecular weight is 512 g/mol. The van der Waals surface area contributed by atoms with Crippen LogP contribution in [-0.2, 0) is 23.9 Å². The van der Waals surface area contributed by atoms with Gasteiger partial charge < -0.3 is 36.1 Å². The Labute approximate surface area is 207 Å². The van der Waals surface area contributed by atoms with Crippen LogP contribution in [0.15, 0.2) is 12.1 Å². The number of primary amides is 1. The molecule has 5 N–H and O–H groups in total. The van der Waals surface area contributed by atoms with Crippen molar-refractivity contribution in [2.24, 2.45) is 11.5 Å². The molecule has 0 radical (unpaired) electrons. The number of rotatable bonds is 6. The highest BCUT2D eigenvalue weighted by Gasteiger charge is 2.58. The van der Waals surface area contributed by atoms with Crippen LogP contribution < -0.4 is 21.5 Å². The van der Waals surface area contributed by atoms with E-state index in [4.69, 9.17) is 20.9 Å². The standard InChI is InChI=1S/C23H31F2N5O6/c1-11(26)19(32)29(5)15(9-35-22(2,3)4)20(33)30-10-23(8-14(30)18(27)31)21(34)28-17-13(25)6-12(24)7-16(17)36-23/h6-7,11,14-15H,8-10,26H2,1-5H3,(H2,27,31)(H,28,34)/t11?,14-,15?,23+/m0/s1. The summed E-state index contributed by atoms with van der Waals surface area (Å²) < 4.78 is 39.5. The van der Waals surface area contributed by atoms with Gasteiger partial charge in [0, 0.05) is 25.6 Å². The van der Waals surface area contributed by atoms with Gasteiger partial charge in [0.05, 0.1) is 24.8 Å². The lowest BCUT2D eigenvalue weighted by atomic mass is 9.96. The molecule has 1 aromatic rings. The van der Waals surface area contributed by atoms with Crippen molar-refractivity contribution in [1.82, 2.24) is 9.80 Å². The Kier molecular flexibility index (Phi) is 7.29. The molecule has 2 aliphatic rings. The predicted molar refractivity (Wildman–Crippen MR) is 124 cm³/mol. The third-order valence-electron chi connectivity index (χ3n) is 6.08. The van der Waals surface area contributed by atoms with Crippen LogP contribution in [0.1, 0.15) is 34.1 Å². The number of hydrogen-bond acceptors (Lipinski definition) is 7. The summed E-state index contributed by atoms with van der Waals surface area (Å²) >= 11 is 0. The normalized spacial score (nSPS) is 22.9. The first-order chi connectivity index (χ1) is 16.6. The summed E-state index contributed by atoms with van der Waals surface area (Å²) in [5.74, 6) is -5.31. The maximum Gasteiger partial charge on any atom is 0.270 e. The Morgan fingerprint density at radius 1 is 1.33 bits per heavy atom. The SMILES string of the molecule is CC(N)C(=O)N(C)C(COC(C)(C)C)C(=O)N1C[C@@]2(C[C@H]1C(N)=O)Oc1cc(F)cc(F)c1NC2=O. The smallest absolute Gasteiger partial charge is 0.270 e. The van der Waals surface area contributed by atoms with Gasteiger partial charge in [-0.05, 0) is 27.7 Å². The van der Waals surface area contributed by atoms with Gasteiger partial charge >= 0.3 is 0 Å². The highest BCUT2D eigenvalue weighted by Crippen LogP contribution is 2.42. The van der Waals surface area contributed by atoms with E-state index in [0.29, 0.717) is 6.07 Å². The van der Waals surface area contributed by atoms with E-state index in [9.17, 15) is 28.0 Å². The number of benzene rings is 1. The van der Waals surface area contributed by atoms with Crippen molar-refractivity contribution in [3.63, 3.8) is 0 Å². The van der Waals surface area contributed by atoms with Gasteiger partial charge in [0.15, 0.2) is 11.6 Å². The van der Waals surface area contributed by atoms with Crippen molar-refractivity contribution < 1.29 is 37.4 Å². The van der Waals surface area contributed by atoms with Gasteiger partial charge in [-0.15, -0.1) is 0 Å². The Hall–Kier alpha value is -3.32. The molecule has 4 amide bonds. The molecule has 198 valence electrons. The average Bonchev–Trinajstić information content (AvgIpc) is 3.14. The summed E-state index contributed by atoms with van der Waals surface area (Å²) in [6.45, 7) is 6.03. The minimum Gasteiger partial charge on any atom is -0.473 e. The molecule has 36 heavy (non-hydrogen) atoms. The number of ether oxygens (including phenoxy) is 2. The highest BCUT2D eigenvalue weighted by atomic mass is 19.1. The van der Waals surface area contributed by atoms with Crippen molar-refractivity contribution >= 4 is 29.3 Å². The zero-order chi connectivity index (χ0) is 27.2. The van der Waals surface area contributed by atoms with Crippen LogP contribution in [0.25, 0.3) is 0 Å². The molecular formula is C23H31F2N5O6. The number of nitrogens with zero attached hydrogens (tertiary/aromatic N) is 2. The molecule has 1 fully saturated rings. The number of halogens is 2. The summed E-state index contributed by atoms with van der Waals surface area (Å²) in [7, 11) is 1.37. The van der Waals surface area contributed by atoms with E-state index < -0.39 is 71.1 Å². The van der Waals surface area contributed by atoms with Crippen LogP contribution in [0.5, 0.6) is 5.75 Å². The van der Waals surface area contributed by atoms with Crippen molar-refractivity contribution in [2.75, 3.05) is 25.5 Å². The number of carbonyl (C=O) groups is 4. The number of amides is 4. The van der Waals surface area contributed by atoms with Gasteiger partial charge in [-0.2, -0.15) is 0 Å². The minimum atomic E-state index is -1.85. The van der Waals surface area contributed by atoms with Gasteiger partial charge in [-0.1, -0.05) is 0 Å². The monoisotopic (exact) mass is 511 g/mol. The Morgan fingerprint density at radius 2 is 1.97 bits per heavy atom. The largest absolute Gasteiger partial charge is 0.473 e. The molecular weight excluding hydrogens is 480 g/mol. The highest BCUT2D eigenvalue weighted by molar-refractivity contribution is 6.03. The Bertz CT molecular complexity index is 1090. The molecule has 2 heterocycles. The first-order valence-corrected chi connectivity index (χ1v) is 11.3. The number of nitrogens with one attached hydrogen (secondary N) is 1.